The average Bonchev–Trinajstić information content (AvgIpc) is 2.56. The smallest absolute Gasteiger partial charge is 0.227 e. The zero-order valence-corrected chi connectivity index (χ0v) is 13.6. The van der Waals surface area contributed by atoms with E-state index in [0.29, 0.717) is 18.7 Å². The summed E-state index contributed by atoms with van der Waals surface area (Å²) in [5.74, 6) is -0.611. The fourth-order valence-electron chi connectivity index (χ4n) is 3.08. The molecule has 1 atom stereocenters. The Morgan fingerprint density at radius 2 is 1.83 bits per heavy atom. The molecule has 1 amide bonds. The molecule has 24 heavy (non-hydrogen) atoms. The zero-order chi connectivity index (χ0) is 17.1. The first-order chi connectivity index (χ1) is 11.5. The molecule has 1 unspecified atom stereocenters. The number of nitrogens with zero attached hydrogens (tertiary/aromatic N) is 2. The van der Waals surface area contributed by atoms with Crippen molar-refractivity contribution in [3.05, 3.63) is 71.3 Å². The minimum atomic E-state index is -0.331. The summed E-state index contributed by atoms with van der Waals surface area (Å²) in [5.41, 5.74) is 1.67. The molecular weight excluding hydrogens is 310 g/mol. The van der Waals surface area contributed by atoms with Crippen molar-refractivity contribution in [3.8, 4) is 0 Å². The molecule has 0 bridgehead atoms. The first-order valence-corrected chi connectivity index (χ1v) is 8.01. The average molecular weight is 330 g/mol. The lowest BCUT2D eigenvalue weighted by Crippen LogP contribution is -2.49. The molecule has 0 saturated carbocycles. The van der Waals surface area contributed by atoms with E-state index >= 15 is 0 Å². The Morgan fingerprint density at radius 1 is 1.08 bits per heavy atom. The van der Waals surface area contributed by atoms with Crippen molar-refractivity contribution >= 4 is 5.91 Å². The number of amides is 1. The minimum Gasteiger partial charge on any atom is -0.339 e. The molecule has 0 spiro atoms. The Kier molecular flexibility index (Phi) is 4.90. The Labute approximate surface area is 140 Å². The van der Waals surface area contributed by atoms with Gasteiger partial charge in [-0.2, -0.15) is 0 Å². The van der Waals surface area contributed by atoms with Gasteiger partial charge in [0.15, 0.2) is 0 Å². The van der Waals surface area contributed by atoms with Gasteiger partial charge in [-0.15, -0.1) is 0 Å². The molecule has 3 nitrogen and oxygen atoms in total. The van der Waals surface area contributed by atoms with Crippen molar-refractivity contribution in [1.29, 1.82) is 0 Å². The minimum absolute atomic E-state index is 0.0131. The van der Waals surface area contributed by atoms with E-state index in [9.17, 15) is 13.6 Å². The lowest BCUT2D eigenvalue weighted by atomic mass is 10.0. The normalized spacial score (nSPS) is 18.6. The second-order valence-electron chi connectivity index (χ2n) is 6.19. The Hall–Kier alpha value is -2.27. The van der Waals surface area contributed by atoms with Gasteiger partial charge in [-0.3, -0.25) is 9.69 Å². The maximum Gasteiger partial charge on any atom is 0.227 e. The second kappa shape index (κ2) is 7.09. The van der Waals surface area contributed by atoms with Crippen LogP contribution in [0.2, 0.25) is 0 Å². The molecule has 2 aromatic carbocycles. The van der Waals surface area contributed by atoms with Crippen molar-refractivity contribution in [2.24, 2.45) is 0 Å². The standard InChI is InChI=1S/C19H20F2N2O/c1-22-9-10-23(13-18(22)15-5-7-16(20)8-6-15)19(24)12-14-3-2-4-17(21)11-14/h2-8,11,18H,9-10,12-13H2,1H3. The summed E-state index contributed by atoms with van der Waals surface area (Å²) in [6.45, 7) is 1.94. The van der Waals surface area contributed by atoms with Gasteiger partial charge in [0.05, 0.1) is 12.5 Å². The summed E-state index contributed by atoms with van der Waals surface area (Å²) >= 11 is 0. The number of halogens is 2. The summed E-state index contributed by atoms with van der Waals surface area (Å²) in [7, 11) is 2.00. The fourth-order valence-corrected chi connectivity index (χ4v) is 3.08. The van der Waals surface area contributed by atoms with Crippen LogP contribution < -0.4 is 0 Å². The molecule has 1 fully saturated rings. The highest BCUT2D eigenvalue weighted by molar-refractivity contribution is 5.79. The van der Waals surface area contributed by atoms with E-state index in [1.54, 1.807) is 29.2 Å². The van der Waals surface area contributed by atoms with E-state index in [0.717, 1.165) is 12.1 Å². The molecule has 0 N–H and O–H groups in total. The summed E-state index contributed by atoms with van der Waals surface area (Å²) in [6, 6.07) is 12.6. The molecular formula is C19H20F2N2O. The number of rotatable bonds is 3. The summed E-state index contributed by atoms with van der Waals surface area (Å²) in [6.07, 6.45) is 0.192. The maximum absolute atomic E-state index is 13.3. The van der Waals surface area contributed by atoms with E-state index in [2.05, 4.69) is 4.90 Å². The molecule has 126 valence electrons. The van der Waals surface area contributed by atoms with Gasteiger partial charge in [-0.25, -0.2) is 8.78 Å². The van der Waals surface area contributed by atoms with Gasteiger partial charge in [0.2, 0.25) is 5.91 Å². The molecule has 1 aliphatic heterocycles. The van der Waals surface area contributed by atoms with Crippen LogP contribution in [0.3, 0.4) is 0 Å². The van der Waals surface area contributed by atoms with Crippen molar-refractivity contribution in [2.75, 3.05) is 26.7 Å². The van der Waals surface area contributed by atoms with Crippen molar-refractivity contribution in [1.82, 2.24) is 9.80 Å². The number of hydrogen-bond donors (Lipinski definition) is 0. The number of carbonyl (C=O) groups excluding carboxylic acids is 1. The highest BCUT2D eigenvalue weighted by Crippen LogP contribution is 2.24. The predicted octanol–water partition coefficient (Wildman–Crippen LogP) is 3.02. The molecule has 2 aromatic rings. The molecule has 1 saturated heterocycles. The molecule has 0 aliphatic carbocycles. The van der Waals surface area contributed by atoms with Crippen LogP contribution in [0.25, 0.3) is 0 Å². The third-order valence-electron chi connectivity index (χ3n) is 4.50. The lowest BCUT2D eigenvalue weighted by Gasteiger charge is -2.39. The van der Waals surface area contributed by atoms with Gasteiger partial charge in [-0.1, -0.05) is 24.3 Å². The Morgan fingerprint density at radius 3 is 2.54 bits per heavy atom. The third kappa shape index (κ3) is 3.79. The SMILES string of the molecule is CN1CCN(C(=O)Cc2cccc(F)c2)CC1c1ccc(F)cc1. The summed E-state index contributed by atoms with van der Waals surface area (Å²) in [4.78, 5) is 16.5. The van der Waals surface area contributed by atoms with Gasteiger partial charge >= 0.3 is 0 Å². The van der Waals surface area contributed by atoms with E-state index in [1.165, 1.54) is 24.3 Å². The number of likely N-dealkylation sites (N-methyl/N-ethyl adjacent to an activating group) is 1. The number of hydrogen-bond acceptors (Lipinski definition) is 2. The largest absolute Gasteiger partial charge is 0.339 e. The van der Waals surface area contributed by atoms with Crippen molar-refractivity contribution in [3.63, 3.8) is 0 Å². The molecule has 3 rings (SSSR count). The van der Waals surface area contributed by atoms with Gasteiger partial charge in [0.1, 0.15) is 11.6 Å². The van der Waals surface area contributed by atoms with Crippen LogP contribution in [0, 0.1) is 11.6 Å². The predicted molar refractivity (Wildman–Crippen MR) is 88.5 cm³/mol. The van der Waals surface area contributed by atoms with E-state index < -0.39 is 0 Å². The summed E-state index contributed by atoms with van der Waals surface area (Å²) in [5, 5.41) is 0. The van der Waals surface area contributed by atoms with Gasteiger partial charge in [0.25, 0.3) is 0 Å². The molecule has 5 heteroatoms. The van der Waals surface area contributed by atoms with Crippen LogP contribution in [0.15, 0.2) is 48.5 Å². The molecule has 1 aliphatic rings. The van der Waals surface area contributed by atoms with E-state index in [1.807, 2.05) is 7.05 Å². The number of benzene rings is 2. The lowest BCUT2D eigenvalue weighted by molar-refractivity contribution is -0.133. The van der Waals surface area contributed by atoms with Gasteiger partial charge < -0.3 is 4.90 Å². The molecule has 0 radical (unpaired) electrons. The van der Waals surface area contributed by atoms with Crippen LogP contribution >= 0.6 is 0 Å². The number of carbonyl (C=O) groups is 1. The quantitative estimate of drug-likeness (QED) is 0.864. The summed E-state index contributed by atoms with van der Waals surface area (Å²) < 4.78 is 26.4. The van der Waals surface area contributed by atoms with Gasteiger partial charge in [0, 0.05) is 19.6 Å². The fraction of sp³-hybridized carbons (Fsp3) is 0.316. The van der Waals surface area contributed by atoms with E-state index in [4.69, 9.17) is 0 Å². The van der Waals surface area contributed by atoms with Crippen LogP contribution in [0.1, 0.15) is 17.2 Å². The first kappa shape index (κ1) is 16.6. The third-order valence-corrected chi connectivity index (χ3v) is 4.50. The first-order valence-electron chi connectivity index (χ1n) is 8.01. The zero-order valence-electron chi connectivity index (χ0n) is 13.6. The van der Waals surface area contributed by atoms with Crippen LogP contribution in [-0.4, -0.2) is 42.4 Å². The van der Waals surface area contributed by atoms with Crippen LogP contribution in [0.4, 0.5) is 8.78 Å². The van der Waals surface area contributed by atoms with Crippen molar-refractivity contribution in [2.45, 2.75) is 12.5 Å². The van der Waals surface area contributed by atoms with Crippen molar-refractivity contribution < 1.29 is 13.6 Å². The Bertz CT molecular complexity index is 718. The van der Waals surface area contributed by atoms with E-state index in [-0.39, 0.29) is 30.0 Å². The van der Waals surface area contributed by atoms with Crippen LogP contribution in [-0.2, 0) is 11.2 Å². The highest BCUT2D eigenvalue weighted by Gasteiger charge is 2.28. The highest BCUT2D eigenvalue weighted by atomic mass is 19.1. The second-order valence-corrected chi connectivity index (χ2v) is 6.19. The topological polar surface area (TPSA) is 23.6 Å². The van der Waals surface area contributed by atoms with Crippen LogP contribution in [0.5, 0.6) is 0 Å². The molecule has 0 aromatic heterocycles. The van der Waals surface area contributed by atoms with Gasteiger partial charge in [-0.05, 0) is 42.4 Å². The maximum atomic E-state index is 13.3. The monoisotopic (exact) mass is 330 g/mol. The molecule has 1 heterocycles. The number of piperazine rings is 1. The Balaban J connectivity index is 1.70.